The van der Waals surface area contributed by atoms with E-state index in [4.69, 9.17) is 9.26 Å². The Balaban J connectivity index is 1.15. The number of aromatic nitrogens is 1. The SMILES string of the molecule is O=C(Nc1onc2ccccc12)N1CCN(Cc2cccc(Oc3ccccc3)c2)CC1. The number of urea groups is 1. The van der Waals surface area contributed by atoms with Gasteiger partial charge in [-0.05, 0) is 42.0 Å². The summed E-state index contributed by atoms with van der Waals surface area (Å²) in [5, 5.41) is 7.64. The quantitative estimate of drug-likeness (QED) is 0.486. The van der Waals surface area contributed by atoms with Crippen molar-refractivity contribution in [2.75, 3.05) is 31.5 Å². The lowest BCUT2D eigenvalue weighted by Gasteiger charge is -2.34. The van der Waals surface area contributed by atoms with E-state index >= 15 is 0 Å². The Hall–Kier alpha value is -3.84. The second-order valence-corrected chi connectivity index (χ2v) is 7.78. The standard InChI is InChI=1S/C25H24N4O3/c30-25(26-24-22-11-4-5-12-23(22)27-32-24)29-15-13-28(14-16-29)18-19-7-6-10-21(17-19)31-20-8-2-1-3-9-20/h1-12,17H,13-16,18H2,(H,26,30). The number of rotatable bonds is 5. The summed E-state index contributed by atoms with van der Waals surface area (Å²) in [7, 11) is 0. The first-order chi connectivity index (χ1) is 15.7. The Kier molecular flexibility index (Phi) is 5.72. The van der Waals surface area contributed by atoms with Crippen LogP contribution in [-0.4, -0.2) is 47.2 Å². The van der Waals surface area contributed by atoms with Crippen LogP contribution in [0.15, 0.2) is 83.4 Å². The number of para-hydroxylation sites is 1. The molecule has 0 aliphatic carbocycles. The summed E-state index contributed by atoms with van der Waals surface area (Å²) in [6.07, 6.45) is 0. The van der Waals surface area contributed by atoms with E-state index in [-0.39, 0.29) is 6.03 Å². The molecule has 1 N–H and O–H groups in total. The summed E-state index contributed by atoms with van der Waals surface area (Å²) in [5.74, 6) is 2.04. The van der Waals surface area contributed by atoms with E-state index in [1.54, 1.807) is 0 Å². The lowest BCUT2D eigenvalue weighted by atomic mass is 10.2. The van der Waals surface area contributed by atoms with Gasteiger partial charge >= 0.3 is 6.03 Å². The summed E-state index contributed by atoms with van der Waals surface area (Å²) in [6.45, 7) is 3.72. The summed E-state index contributed by atoms with van der Waals surface area (Å²) >= 11 is 0. The predicted molar refractivity (Wildman–Crippen MR) is 123 cm³/mol. The van der Waals surface area contributed by atoms with Gasteiger partial charge in [-0.2, -0.15) is 0 Å². The van der Waals surface area contributed by atoms with Crippen LogP contribution in [-0.2, 0) is 6.54 Å². The molecule has 2 heterocycles. The smallest absolute Gasteiger partial charge is 0.324 e. The van der Waals surface area contributed by atoms with E-state index in [2.05, 4.69) is 27.5 Å². The van der Waals surface area contributed by atoms with Crippen LogP contribution in [0.25, 0.3) is 10.9 Å². The number of ether oxygens (including phenoxy) is 1. The largest absolute Gasteiger partial charge is 0.457 e. The zero-order valence-electron chi connectivity index (χ0n) is 17.6. The van der Waals surface area contributed by atoms with E-state index in [1.807, 2.05) is 71.6 Å². The fraction of sp³-hybridized carbons (Fsp3) is 0.200. The Bertz CT molecular complexity index is 1200. The van der Waals surface area contributed by atoms with Crippen molar-refractivity contribution in [3.8, 4) is 11.5 Å². The topological polar surface area (TPSA) is 70.8 Å². The Labute approximate surface area is 186 Å². The van der Waals surface area contributed by atoms with Crippen LogP contribution in [0.1, 0.15) is 5.56 Å². The van der Waals surface area contributed by atoms with E-state index in [0.717, 1.165) is 42.0 Å². The molecule has 0 radical (unpaired) electrons. The van der Waals surface area contributed by atoms with Crippen LogP contribution in [0.4, 0.5) is 10.7 Å². The first-order valence-corrected chi connectivity index (χ1v) is 10.7. The zero-order valence-corrected chi connectivity index (χ0v) is 17.6. The minimum absolute atomic E-state index is 0.162. The van der Waals surface area contributed by atoms with Crippen LogP contribution in [0.2, 0.25) is 0 Å². The van der Waals surface area contributed by atoms with Gasteiger partial charge in [0.05, 0.1) is 5.39 Å². The number of benzene rings is 3. The average molecular weight is 428 g/mol. The van der Waals surface area contributed by atoms with E-state index in [1.165, 1.54) is 5.56 Å². The molecule has 0 spiro atoms. The first-order valence-electron chi connectivity index (χ1n) is 10.7. The second kappa shape index (κ2) is 9.11. The van der Waals surface area contributed by atoms with Crippen LogP contribution in [0, 0.1) is 0 Å². The number of fused-ring (bicyclic) bond motifs is 1. The number of anilines is 1. The van der Waals surface area contributed by atoms with E-state index in [0.29, 0.717) is 19.0 Å². The highest BCUT2D eigenvalue weighted by Gasteiger charge is 2.23. The Morgan fingerprint density at radius 2 is 1.66 bits per heavy atom. The highest BCUT2D eigenvalue weighted by Crippen LogP contribution is 2.24. The molecule has 162 valence electrons. The molecule has 7 heteroatoms. The van der Waals surface area contributed by atoms with Crippen LogP contribution in [0.3, 0.4) is 0 Å². The minimum atomic E-state index is -0.162. The molecule has 7 nitrogen and oxygen atoms in total. The fourth-order valence-corrected chi connectivity index (χ4v) is 3.85. The van der Waals surface area contributed by atoms with Gasteiger partial charge < -0.3 is 14.2 Å². The van der Waals surface area contributed by atoms with Crippen molar-refractivity contribution >= 4 is 22.8 Å². The maximum atomic E-state index is 12.7. The van der Waals surface area contributed by atoms with Crippen molar-refractivity contribution in [1.29, 1.82) is 0 Å². The molecule has 1 aliphatic rings. The number of hydrogen-bond acceptors (Lipinski definition) is 5. The van der Waals surface area contributed by atoms with Crippen LogP contribution < -0.4 is 10.1 Å². The zero-order chi connectivity index (χ0) is 21.8. The summed E-state index contributed by atoms with van der Waals surface area (Å²) in [5.41, 5.74) is 1.91. The highest BCUT2D eigenvalue weighted by atomic mass is 16.5. The first kappa shape index (κ1) is 20.1. The second-order valence-electron chi connectivity index (χ2n) is 7.78. The highest BCUT2D eigenvalue weighted by molar-refractivity contribution is 5.97. The monoisotopic (exact) mass is 428 g/mol. The average Bonchev–Trinajstić information content (AvgIpc) is 3.23. The molecule has 1 aromatic heterocycles. The third-order valence-corrected chi connectivity index (χ3v) is 5.55. The van der Waals surface area contributed by atoms with E-state index < -0.39 is 0 Å². The molecule has 2 amide bonds. The molecule has 1 aliphatic heterocycles. The maximum absolute atomic E-state index is 12.7. The van der Waals surface area contributed by atoms with Crippen molar-refractivity contribution in [2.45, 2.75) is 6.54 Å². The normalized spacial score (nSPS) is 14.4. The Morgan fingerprint density at radius 3 is 2.50 bits per heavy atom. The number of nitrogens with zero attached hydrogens (tertiary/aromatic N) is 3. The molecule has 5 rings (SSSR count). The minimum Gasteiger partial charge on any atom is -0.457 e. The molecular weight excluding hydrogens is 404 g/mol. The summed E-state index contributed by atoms with van der Waals surface area (Å²) in [4.78, 5) is 16.8. The number of nitrogens with one attached hydrogen (secondary N) is 1. The summed E-state index contributed by atoms with van der Waals surface area (Å²) in [6, 6.07) is 25.3. The summed E-state index contributed by atoms with van der Waals surface area (Å²) < 4.78 is 11.2. The molecule has 0 saturated carbocycles. The molecule has 1 saturated heterocycles. The number of hydrogen-bond donors (Lipinski definition) is 1. The molecule has 0 bridgehead atoms. The molecular formula is C25H24N4O3. The van der Waals surface area contributed by atoms with Gasteiger partial charge in [0.1, 0.15) is 17.0 Å². The van der Waals surface area contributed by atoms with Crippen LogP contribution >= 0.6 is 0 Å². The molecule has 1 fully saturated rings. The third-order valence-electron chi connectivity index (χ3n) is 5.55. The van der Waals surface area contributed by atoms with Gasteiger partial charge in [0.25, 0.3) is 0 Å². The molecule has 32 heavy (non-hydrogen) atoms. The van der Waals surface area contributed by atoms with Crippen molar-refractivity contribution < 1.29 is 14.1 Å². The third kappa shape index (κ3) is 4.58. The van der Waals surface area contributed by atoms with Crippen molar-refractivity contribution in [1.82, 2.24) is 15.0 Å². The van der Waals surface area contributed by atoms with Crippen LogP contribution in [0.5, 0.6) is 11.5 Å². The number of piperazine rings is 1. The van der Waals surface area contributed by atoms with Crippen molar-refractivity contribution in [3.05, 3.63) is 84.4 Å². The molecule has 0 unspecified atom stereocenters. The van der Waals surface area contributed by atoms with Gasteiger partial charge in [0.15, 0.2) is 0 Å². The van der Waals surface area contributed by atoms with Crippen molar-refractivity contribution in [2.24, 2.45) is 0 Å². The number of carbonyl (C=O) groups excluding carboxylic acids is 1. The molecule has 3 aromatic carbocycles. The van der Waals surface area contributed by atoms with Gasteiger partial charge in [-0.15, -0.1) is 0 Å². The predicted octanol–water partition coefficient (Wildman–Crippen LogP) is 4.97. The molecule has 0 atom stereocenters. The lowest BCUT2D eigenvalue weighted by molar-refractivity contribution is 0.142. The maximum Gasteiger partial charge on any atom is 0.324 e. The molecule has 4 aromatic rings. The van der Waals surface area contributed by atoms with Crippen molar-refractivity contribution in [3.63, 3.8) is 0 Å². The number of amides is 2. The lowest BCUT2D eigenvalue weighted by Crippen LogP contribution is -2.49. The fourth-order valence-electron chi connectivity index (χ4n) is 3.85. The Morgan fingerprint density at radius 1 is 0.906 bits per heavy atom. The van der Waals surface area contributed by atoms with Gasteiger partial charge in [-0.1, -0.05) is 47.6 Å². The van der Waals surface area contributed by atoms with Gasteiger partial charge in [-0.25, -0.2) is 4.79 Å². The van der Waals surface area contributed by atoms with Gasteiger partial charge in [-0.3, -0.25) is 10.2 Å². The van der Waals surface area contributed by atoms with Gasteiger partial charge in [0.2, 0.25) is 5.88 Å². The number of carbonyl (C=O) groups is 1. The van der Waals surface area contributed by atoms with Gasteiger partial charge in [0, 0.05) is 32.7 Å². The van der Waals surface area contributed by atoms with E-state index in [9.17, 15) is 4.79 Å².